The van der Waals surface area contributed by atoms with Crippen LogP contribution in [0.5, 0.6) is 0 Å². The Balaban J connectivity index is 1.83. The van der Waals surface area contributed by atoms with Gasteiger partial charge < -0.3 is 9.64 Å². The SMILES string of the molecule is COC(=O)CN1CC[C@@H](C2CC2)CC1=O. The number of hydrogen-bond donors (Lipinski definition) is 0. The maximum atomic E-state index is 11.7. The standard InChI is InChI=1S/C11H17NO3/c1-15-11(14)7-12-5-4-9(6-10(12)13)8-2-3-8/h8-9H,2-7H2,1H3/t9-/m1/s1. The van der Waals surface area contributed by atoms with Crippen LogP contribution >= 0.6 is 0 Å². The Morgan fingerprint density at radius 2 is 2.13 bits per heavy atom. The number of piperidine rings is 1. The van der Waals surface area contributed by atoms with Gasteiger partial charge in [-0.3, -0.25) is 9.59 Å². The van der Waals surface area contributed by atoms with E-state index in [1.54, 1.807) is 4.90 Å². The zero-order chi connectivity index (χ0) is 10.8. The second kappa shape index (κ2) is 4.21. The van der Waals surface area contributed by atoms with E-state index in [-0.39, 0.29) is 18.4 Å². The number of ether oxygens (including phenoxy) is 1. The third-order valence-corrected chi connectivity index (χ3v) is 3.40. The van der Waals surface area contributed by atoms with Crippen molar-refractivity contribution in [3.63, 3.8) is 0 Å². The molecule has 2 aliphatic rings. The Morgan fingerprint density at radius 1 is 1.40 bits per heavy atom. The molecule has 4 nitrogen and oxygen atoms in total. The molecule has 4 heteroatoms. The topological polar surface area (TPSA) is 46.6 Å². The highest BCUT2D eigenvalue weighted by Gasteiger charge is 2.36. The summed E-state index contributed by atoms with van der Waals surface area (Å²) in [6.45, 7) is 0.835. The zero-order valence-electron chi connectivity index (χ0n) is 9.07. The molecule has 0 unspecified atom stereocenters. The largest absolute Gasteiger partial charge is 0.468 e. The Kier molecular flexibility index (Phi) is 2.93. The highest BCUT2D eigenvalue weighted by Crippen LogP contribution is 2.41. The molecule has 0 radical (unpaired) electrons. The van der Waals surface area contributed by atoms with Crippen LogP contribution in [0.4, 0.5) is 0 Å². The first kappa shape index (κ1) is 10.5. The Bertz CT molecular complexity index is 273. The maximum absolute atomic E-state index is 11.7. The molecule has 0 aromatic heterocycles. The molecular formula is C11H17NO3. The van der Waals surface area contributed by atoms with Gasteiger partial charge in [-0.15, -0.1) is 0 Å². The summed E-state index contributed by atoms with van der Waals surface area (Å²) >= 11 is 0. The van der Waals surface area contributed by atoms with E-state index in [0.717, 1.165) is 18.9 Å². The summed E-state index contributed by atoms with van der Waals surface area (Å²) in [5.41, 5.74) is 0. The predicted octanol–water partition coefficient (Wildman–Crippen LogP) is 0.808. The molecule has 1 amide bonds. The monoisotopic (exact) mass is 211 g/mol. The van der Waals surface area contributed by atoms with E-state index in [0.29, 0.717) is 12.3 Å². The average Bonchev–Trinajstić information content (AvgIpc) is 3.04. The van der Waals surface area contributed by atoms with Gasteiger partial charge in [0.15, 0.2) is 0 Å². The van der Waals surface area contributed by atoms with Gasteiger partial charge in [0.1, 0.15) is 6.54 Å². The molecule has 0 aromatic carbocycles. The van der Waals surface area contributed by atoms with Crippen LogP contribution in [0.15, 0.2) is 0 Å². The first-order chi connectivity index (χ1) is 7.20. The molecule has 1 aliphatic carbocycles. The van der Waals surface area contributed by atoms with Gasteiger partial charge in [0.2, 0.25) is 5.91 Å². The van der Waals surface area contributed by atoms with Crippen LogP contribution in [-0.2, 0) is 14.3 Å². The highest BCUT2D eigenvalue weighted by atomic mass is 16.5. The van der Waals surface area contributed by atoms with Crippen molar-refractivity contribution in [3.05, 3.63) is 0 Å². The lowest BCUT2D eigenvalue weighted by Crippen LogP contribution is -2.42. The summed E-state index contributed by atoms with van der Waals surface area (Å²) in [5.74, 6) is 1.15. The second-order valence-electron chi connectivity index (χ2n) is 4.48. The van der Waals surface area contributed by atoms with E-state index in [2.05, 4.69) is 4.74 Å². The Morgan fingerprint density at radius 3 is 2.67 bits per heavy atom. The zero-order valence-corrected chi connectivity index (χ0v) is 9.07. The van der Waals surface area contributed by atoms with Crippen LogP contribution in [0.2, 0.25) is 0 Å². The van der Waals surface area contributed by atoms with Crippen molar-refractivity contribution in [1.82, 2.24) is 4.90 Å². The summed E-state index contributed by atoms with van der Waals surface area (Å²) < 4.78 is 4.56. The van der Waals surface area contributed by atoms with Gasteiger partial charge >= 0.3 is 5.97 Å². The molecule has 0 spiro atoms. The number of esters is 1. The minimum absolute atomic E-state index is 0.114. The van der Waals surface area contributed by atoms with Crippen LogP contribution < -0.4 is 0 Å². The van der Waals surface area contributed by atoms with Gasteiger partial charge in [0.25, 0.3) is 0 Å². The predicted molar refractivity (Wildman–Crippen MR) is 54.0 cm³/mol. The highest BCUT2D eigenvalue weighted by molar-refractivity contribution is 5.82. The molecule has 1 saturated carbocycles. The lowest BCUT2D eigenvalue weighted by molar-refractivity contribution is -0.148. The molecule has 1 saturated heterocycles. The lowest BCUT2D eigenvalue weighted by atomic mass is 9.91. The molecule has 15 heavy (non-hydrogen) atoms. The van der Waals surface area contributed by atoms with E-state index in [9.17, 15) is 9.59 Å². The van der Waals surface area contributed by atoms with Crippen molar-refractivity contribution in [3.8, 4) is 0 Å². The number of nitrogens with zero attached hydrogens (tertiary/aromatic N) is 1. The van der Waals surface area contributed by atoms with Crippen LogP contribution in [0, 0.1) is 11.8 Å². The second-order valence-corrected chi connectivity index (χ2v) is 4.48. The molecule has 1 heterocycles. The summed E-state index contributed by atoms with van der Waals surface area (Å²) in [6, 6.07) is 0. The van der Waals surface area contributed by atoms with Gasteiger partial charge in [-0.1, -0.05) is 0 Å². The molecule has 0 N–H and O–H groups in total. The molecule has 2 rings (SSSR count). The van der Waals surface area contributed by atoms with Crippen LogP contribution in [0.25, 0.3) is 0 Å². The number of hydrogen-bond acceptors (Lipinski definition) is 3. The number of likely N-dealkylation sites (tertiary alicyclic amines) is 1. The first-order valence-electron chi connectivity index (χ1n) is 5.55. The normalized spacial score (nSPS) is 26.6. The maximum Gasteiger partial charge on any atom is 0.325 e. The van der Waals surface area contributed by atoms with E-state index in [1.165, 1.54) is 20.0 Å². The number of carbonyl (C=O) groups excluding carboxylic acids is 2. The van der Waals surface area contributed by atoms with E-state index in [1.807, 2.05) is 0 Å². The van der Waals surface area contributed by atoms with Crippen molar-refractivity contribution in [1.29, 1.82) is 0 Å². The molecular weight excluding hydrogens is 194 g/mol. The van der Waals surface area contributed by atoms with Crippen molar-refractivity contribution in [2.45, 2.75) is 25.7 Å². The van der Waals surface area contributed by atoms with E-state index in [4.69, 9.17) is 0 Å². The third-order valence-electron chi connectivity index (χ3n) is 3.40. The number of methoxy groups -OCH3 is 1. The minimum atomic E-state index is -0.326. The van der Waals surface area contributed by atoms with Gasteiger partial charge in [0, 0.05) is 13.0 Å². The van der Waals surface area contributed by atoms with Gasteiger partial charge in [0.05, 0.1) is 7.11 Å². The fourth-order valence-electron chi connectivity index (χ4n) is 2.26. The van der Waals surface area contributed by atoms with Crippen molar-refractivity contribution in [2.75, 3.05) is 20.2 Å². The summed E-state index contributed by atoms with van der Waals surface area (Å²) in [7, 11) is 1.35. The quantitative estimate of drug-likeness (QED) is 0.649. The smallest absolute Gasteiger partial charge is 0.325 e. The van der Waals surface area contributed by atoms with Crippen molar-refractivity contribution in [2.24, 2.45) is 11.8 Å². The fraction of sp³-hybridized carbons (Fsp3) is 0.818. The Labute approximate surface area is 89.6 Å². The molecule has 1 atom stereocenters. The van der Waals surface area contributed by atoms with E-state index < -0.39 is 0 Å². The summed E-state index contributed by atoms with van der Waals surface area (Å²) in [4.78, 5) is 24.4. The summed E-state index contributed by atoms with van der Waals surface area (Å²) in [6.07, 6.45) is 4.25. The number of carbonyl (C=O) groups is 2. The molecule has 0 aromatic rings. The van der Waals surface area contributed by atoms with Crippen LogP contribution in [0.3, 0.4) is 0 Å². The van der Waals surface area contributed by atoms with Gasteiger partial charge in [-0.2, -0.15) is 0 Å². The average molecular weight is 211 g/mol. The molecule has 84 valence electrons. The molecule has 1 aliphatic heterocycles. The van der Waals surface area contributed by atoms with E-state index >= 15 is 0 Å². The van der Waals surface area contributed by atoms with Crippen molar-refractivity contribution >= 4 is 11.9 Å². The number of rotatable bonds is 3. The molecule has 0 bridgehead atoms. The number of amides is 1. The van der Waals surface area contributed by atoms with Crippen molar-refractivity contribution < 1.29 is 14.3 Å². The lowest BCUT2D eigenvalue weighted by Gasteiger charge is -2.30. The van der Waals surface area contributed by atoms with Crippen LogP contribution in [-0.4, -0.2) is 37.0 Å². The minimum Gasteiger partial charge on any atom is -0.468 e. The third kappa shape index (κ3) is 2.49. The summed E-state index contributed by atoms with van der Waals surface area (Å²) in [5, 5.41) is 0. The molecule has 2 fully saturated rings. The Hall–Kier alpha value is -1.06. The van der Waals surface area contributed by atoms with Crippen LogP contribution in [0.1, 0.15) is 25.7 Å². The fourth-order valence-corrected chi connectivity index (χ4v) is 2.26. The first-order valence-corrected chi connectivity index (χ1v) is 5.55. The van der Waals surface area contributed by atoms with Gasteiger partial charge in [-0.05, 0) is 31.1 Å². The van der Waals surface area contributed by atoms with Gasteiger partial charge in [-0.25, -0.2) is 0 Å².